The van der Waals surface area contributed by atoms with Crippen molar-refractivity contribution in [2.75, 3.05) is 11.9 Å². The predicted octanol–water partition coefficient (Wildman–Crippen LogP) is 1.99. The zero-order valence-electron chi connectivity index (χ0n) is 7.98. The molecule has 1 amide bonds. The van der Waals surface area contributed by atoms with Gasteiger partial charge in [-0.25, -0.2) is 4.39 Å². The Morgan fingerprint density at radius 1 is 1.40 bits per heavy atom. The number of hydrogen-bond donors (Lipinski definition) is 1. The van der Waals surface area contributed by atoms with Crippen molar-refractivity contribution < 1.29 is 9.18 Å². The van der Waals surface area contributed by atoms with Gasteiger partial charge in [0.15, 0.2) is 6.04 Å². The molecule has 1 N–H and O–H groups in total. The zero-order valence-corrected chi connectivity index (χ0v) is 7.98. The molecule has 1 aromatic rings. The molecule has 1 aliphatic rings. The van der Waals surface area contributed by atoms with Crippen LogP contribution in [0.4, 0.5) is 10.1 Å². The maximum atomic E-state index is 12.6. The third kappa shape index (κ3) is 2.37. The summed E-state index contributed by atoms with van der Waals surface area (Å²) in [6.07, 6.45) is 0.646. The van der Waals surface area contributed by atoms with Crippen molar-refractivity contribution in [3.05, 3.63) is 30.1 Å². The minimum atomic E-state index is -0.393. The molecule has 0 spiro atoms. The topological polar surface area (TPSA) is 53.8 Å². The van der Waals surface area contributed by atoms with Crippen molar-refractivity contribution in [1.29, 1.82) is 0 Å². The summed E-state index contributed by atoms with van der Waals surface area (Å²) in [5.74, 6) is -0.517. The van der Waals surface area contributed by atoms with Gasteiger partial charge in [-0.3, -0.25) is 4.79 Å². The Hall–Kier alpha value is -1.78. The fourth-order valence-corrected chi connectivity index (χ4v) is 1.34. The van der Waals surface area contributed by atoms with E-state index in [0.717, 1.165) is 0 Å². The number of nitrogens with one attached hydrogen (secondary N) is 1. The van der Waals surface area contributed by atoms with Crippen LogP contribution in [-0.2, 0) is 4.79 Å². The van der Waals surface area contributed by atoms with Gasteiger partial charge in [-0.05, 0) is 24.3 Å². The van der Waals surface area contributed by atoms with E-state index in [4.69, 9.17) is 0 Å². The number of hydrogen-bond acceptors (Lipinski definition) is 3. The molecule has 1 unspecified atom stereocenters. The number of rotatable bonds is 2. The summed E-state index contributed by atoms with van der Waals surface area (Å²) in [6.45, 7) is 0.599. The van der Waals surface area contributed by atoms with E-state index in [-0.39, 0.29) is 11.7 Å². The second-order valence-corrected chi connectivity index (χ2v) is 3.28. The largest absolute Gasteiger partial charge is 0.324 e. The summed E-state index contributed by atoms with van der Waals surface area (Å²) >= 11 is 0. The average Bonchev–Trinajstić information content (AvgIpc) is 2.74. The van der Waals surface area contributed by atoms with E-state index in [1.54, 1.807) is 0 Å². The lowest BCUT2D eigenvalue weighted by Gasteiger charge is -2.06. The highest BCUT2D eigenvalue weighted by Gasteiger charge is 2.20. The van der Waals surface area contributed by atoms with E-state index < -0.39 is 6.04 Å². The van der Waals surface area contributed by atoms with Gasteiger partial charge in [-0.15, -0.1) is 0 Å². The molecule has 2 rings (SSSR count). The summed E-state index contributed by atoms with van der Waals surface area (Å²) < 4.78 is 12.6. The highest BCUT2D eigenvalue weighted by atomic mass is 19.1. The third-order valence-corrected chi connectivity index (χ3v) is 2.14. The van der Waals surface area contributed by atoms with Gasteiger partial charge in [-0.2, -0.15) is 10.2 Å². The zero-order chi connectivity index (χ0) is 10.7. The molecule has 78 valence electrons. The normalized spacial score (nSPS) is 19.1. The minimum absolute atomic E-state index is 0.192. The molecule has 0 aliphatic carbocycles. The maximum absolute atomic E-state index is 12.6. The number of benzene rings is 1. The second-order valence-electron chi connectivity index (χ2n) is 3.28. The molecule has 1 atom stereocenters. The lowest BCUT2D eigenvalue weighted by Crippen LogP contribution is -2.24. The van der Waals surface area contributed by atoms with Crippen LogP contribution in [0.5, 0.6) is 0 Å². The molecular weight excluding hydrogens is 197 g/mol. The average molecular weight is 207 g/mol. The van der Waals surface area contributed by atoms with Gasteiger partial charge < -0.3 is 5.32 Å². The summed E-state index contributed by atoms with van der Waals surface area (Å²) in [5, 5.41) is 10.2. The van der Waals surface area contributed by atoms with Crippen LogP contribution in [0.25, 0.3) is 0 Å². The SMILES string of the molecule is O=C(Nc1ccc(F)cc1)C1CCN=N1. The Kier molecular flexibility index (Phi) is 2.71. The first kappa shape index (κ1) is 9.76. The summed E-state index contributed by atoms with van der Waals surface area (Å²) in [5.41, 5.74) is 0.573. The Bertz CT molecular complexity index is 388. The molecule has 0 aromatic heterocycles. The molecule has 0 saturated heterocycles. The Morgan fingerprint density at radius 2 is 2.13 bits per heavy atom. The Balaban J connectivity index is 1.99. The van der Waals surface area contributed by atoms with Crippen molar-refractivity contribution in [3.8, 4) is 0 Å². The van der Waals surface area contributed by atoms with E-state index in [1.165, 1.54) is 24.3 Å². The monoisotopic (exact) mass is 207 g/mol. The van der Waals surface area contributed by atoms with E-state index in [2.05, 4.69) is 15.5 Å². The summed E-state index contributed by atoms with van der Waals surface area (Å²) in [4.78, 5) is 11.5. The van der Waals surface area contributed by atoms with Crippen LogP contribution in [0.3, 0.4) is 0 Å². The summed E-state index contributed by atoms with van der Waals surface area (Å²) in [7, 11) is 0. The van der Waals surface area contributed by atoms with Gasteiger partial charge in [0.25, 0.3) is 5.91 Å². The Morgan fingerprint density at radius 3 is 2.73 bits per heavy atom. The molecule has 5 heteroatoms. The molecule has 1 heterocycles. The van der Waals surface area contributed by atoms with Crippen LogP contribution in [0, 0.1) is 5.82 Å². The molecule has 4 nitrogen and oxygen atoms in total. The maximum Gasteiger partial charge on any atom is 0.251 e. The molecular formula is C10H10FN3O. The number of carbonyl (C=O) groups is 1. The van der Waals surface area contributed by atoms with Crippen LogP contribution in [0.15, 0.2) is 34.5 Å². The molecule has 0 bridgehead atoms. The highest BCUT2D eigenvalue weighted by molar-refractivity contribution is 5.94. The van der Waals surface area contributed by atoms with E-state index in [0.29, 0.717) is 18.7 Å². The van der Waals surface area contributed by atoms with Crippen LogP contribution in [0.2, 0.25) is 0 Å². The first-order valence-electron chi connectivity index (χ1n) is 4.69. The quantitative estimate of drug-likeness (QED) is 0.792. The van der Waals surface area contributed by atoms with E-state index in [1.807, 2.05) is 0 Å². The van der Waals surface area contributed by atoms with Crippen LogP contribution in [0.1, 0.15) is 6.42 Å². The van der Waals surface area contributed by atoms with Crippen molar-refractivity contribution in [2.45, 2.75) is 12.5 Å². The first-order chi connectivity index (χ1) is 7.25. The molecule has 1 aliphatic heterocycles. The van der Waals surface area contributed by atoms with E-state index >= 15 is 0 Å². The van der Waals surface area contributed by atoms with Gasteiger partial charge in [0, 0.05) is 12.1 Å². The number of halogens is 1. The number of nitrogens with zero attached hydrogens (tertiary/aromatic N) is 2. The van der Waals surface area contributed by atoms with Gasteiger partial charge in [0.05, 0.1) is 6.54 Å². The van der Waals surface area contributed by atoms with Crippen LogP contribution < -0.4 is 5.32 Å². The fourth-order valence-electron chi connectivity index (χ4n) is 1.34. The van der Waals surface area contributed by atoms with Crippen molar-refractivity contribution >= 4 is 11.6 Å². The fraction of sp³-hybridized carbons (Fsp3) is 0.300. The molecule has 0 fully saturated rings. The molecule has 0 radical (unpaired) electrons. The van der Waals surface area contributed by atoms with Gasteiger partial charge in [0.2, 0.25) is 0 Å². The third-order valence-electron chi connectivity index (χ3n) is 2.14. The van der Waals surface area contributed by atoms with Gasteiger partial charge >= 0.3 is 0 Å². The van der Waals surface area contributed by atoms with Crippen molar-refractivity contribution in [2.24, 2.45) is 10.2 Å². The standard InChI is InChI=1S/C10H10FN3O/c11-7-1-3-8(4-2-7)13-10(15)9-5-6-12-14-9/h1-4,9H,5-6H2,(H,13,15). The molecule has 1 aromatic carbocycles. The smallest absolute Gasteiger partial charge is 0.251 e. The predicted molar refractivity (Wildman–Crippen MR) is 53.2 cm³/mol. The number of anilines is 1. The first-order valence-corrected chi connectivity index (χ1v) is 4.69. The van der Waals surface area contributed by atoms with Crippen LogP contribution >= 0.6 is 0 Å². The summed E-state index contributed by atoms with van der Waals surface area (Å²) in [6, 6.07) is 5.23. The number of carbonyl (C=O) groups excluding carboxylic acids is 1. The lowest BCUT2D eigenvalue weighted by molar-refractivity contribution is -0.117. The van der Waals surface area contributed by atoms with Gasteiger partial charge in [-0.1, -0.05) is 0 Å². The van der Waals surface area contributed by atoms with Crippen molar-refractivity contribution in [1.82, 2.24) is 0 Å². The minimum Gasteiger partial charge on any atom is -0.324 e. The molecule has 0 saturated carbocycles. The highest BCUT2D eigenvalue weighted by Crippen LogP contribution is 2.13. The van der Waals surface area contributed by atoms with Crippen molar-refractivity contribution in [3.63, 3.8) is 0 Å². The second kappa shape index (κ2) is 4.16. The van der Waals surface area contributed by atoms with E-state index in [9.17, 15) is 9.18 Å². The van der Waals surface area contributed by atoms with Gasteiger partial charge in [0.1, 0.15) is 5.82 Å². The number of amides is 1. The van der Waals surface area contributed by atoms with Crippen LogP contribution in [-0.4, -0.2) is 18.5 Å². The molecule has 15 heavy (non-hydrogen) atoms. The Labute approximate surface area is 86.2 Å². The number of azo groups is 1. The lowest BCUT2D eigenvalue weighted by atomic mass is 10.2.